The first-order valence-corrected chi connectivity index (χ1v) is 5.62. The van der Waals surface area contributed by atoms with Crippen molar-refractivity contribution >= 4 is 11.7 Å². The number of carbonyl (C=O) groups excluding carboxylic acids is 1. The molecular weight excluding hydrogens is 233 g/mol. The predicted octanol–water partition coefficient (Wildman–Crippen LogP) is 3.26. The molecule has 1 aromatic carbocycles. The number of nitrogens with zero attached hydrogens (tertiary/aromatic N) is 1. The maximum atomic E-state index is 13.0. The molecule has 2 aromatic rings. The number of benzene rings is 1. The van der Waals surface area contributed by atoms with E-state index in [9.17, 15) is 9.18 Å². The smallest absolute Gasteiger partial charge is 0.196 e. The second-order valence-electron chi connectivity index (χ2n) is 4.18. The van der Waals surface area contributed by atoms with E-state index in [-0.39, 0.29) is 11.6 Å². The predicted molar refractivity (Wildman–Crippen MR) is 67.2 cm³/mol. The van der Waals surface area contributed by atoms with Crippen molar-refractivity contribution in [2.24, 2.45) is 0 Å². The Hall–Kier alpha value is -2.10. The largest absolute Gasteiger partial charge is 0.437 e. The van der Waals surface area contributed by atoms with E-state index < -0.39 is 0 Å². The molecule has 94 valence electrons. The molecule has 0 saturated carbocycles. The Kier molecular flexibility index (Phi) is 3.46. The molecular formula is C14H14FNO2. The Morgan fingerprint density at radius 3 is 2.72 bits per heavy atom. The molecule has 0 amide bonds. The Balaban J connectivity index is 2.11. The van der Waals surface area contributed by atoms with E-state index >= 15 is 0 Å². The first-order chi connectivity index (χ1) is 8.56. The van der Waals surface area contributed by atoms with Gasteiger partial charge in [-0.2, -0.15) is 0 Å². The molecule has 2 rings (SSSR count). The Bertz CT molecular complexity index is 562. The van der Waals surface area contributed by atoms with Gasteiger partial charge in [0.1, 0.15) is 5.82 Å². The Morgan fingerprint density at radius 1 is 1.33 bits per heavy atom. The van der Waals surface area contributed by atoms with Crippen molar-refractivity contribution in [3.8, 4) is 0 Å². The molecule has 0 aliphatic heterocycles. The maximum Gasteiger partial charge on any atom is 0.196 e. The fourth-order valence-electron chi connectivity index (χ4n) is 1.71. The van der Waals surface area contributed by atoms with Gasteiger partial charge in [-0.25, -0.2) is 4.39 Å². The normalized spacial score (nSPS) is 10.4. The van der Waals surface area contributed by atoms with E-state index in [2.05, 4.69) is 0 Å². The lowest BCUT2D eigenvalue weighted by molar-refractivity contribution is 0.0988. The number of hydrogen-bond donors (Lipinski definition) is 0. The summed E-state index contributed by atoms with van der Waals surface area (Å²) < 4.78 is 18.4. The molecule has 0 saturated heterocycles. The van der Waals surface area contributed by atoms with Crippen molar-refractivity contribution in [3.05, 3.63) is 53.5 Å². The summed E-state index contributed by atoms with van der Waals surface area (Å²) >= 11 is 0. The van der Waals surface area contributed by atoms with Gasteiger partial charge in [0, 0.05) is 26.6 Å². The van der Waals surface area contributed by atoms with Crippen molar-refractivity contribution in [3.63, 3.8) is 0 Å². The zero-order valence-electron chi connectivity index (χ0n) is 10.3. The molecule has 0 aliphatic carbocycles. The highest BCUT2D eigenvalue weighted by molar-refractivity contribution is 5.91. The SMILES string of the molecule is CC(=O)c1ccc(N(C)Cc2cccc(F)c2)o1. The van der Waals surface area contributed by atoms with Gasteiger partial charge < -0.3 is 9.32 Å². The molecule has 4 heteroatoms. The summed E-state index contributed by atoms with van der Waals surface area (Å²) in [5, 5.41) is 0. The zero-order chi connectivity index (χ0) is 13.1. The highest BCUT2D eigenvalue weighted by Crippen LogP contribution is 2.19. The highest BCUT2D eigenvalue weighted by atomic mass is 19.1. The first kappa shape index (κ1) is 12.4. The highest BCUT2D eigenvalue weighted by Gasteiger charge is 2.10. The molecule has 18 heavy (non-hydrogen) atoms. The van der Waals surface area contributed by atoms with Gasteiger partial charge in [-0.05, 0) is 23.8 Å². The molecule has 0 unspecified atom stereocenters. The molecule has 1 aromatic heterocycles. The van der Waals surface area contributed by atoms with Gasteiger partial charge in [0.05, 0.1) is 0 Å². The van der Waals surface area contributed by atoms with Crippen molar-refractivity contribution in [2.45, 2.75) is 13.5 Å². The van der Waals surface area contributed by atoms with Crippen molar-refractivity contribution in [1.29, 1.82) is 0 Å². The molecule has 0 aliphatic rings. The van der Waals surface area contributed by atoms with Crippen LogP contribution in [0.2, 0.25) is 0 Å². The van der Waals surface area contributed by atoms with Crippen LogP contribution in [-0.2, 0) is 6.54 Å². The number of carbonyl (C=O) groups is 1. The van der Waals surface area contributed by atoms with Crippen molar-refractivity contribution < 1.29 is 13.6 Å². The molecule has 0 radical (unpaired) electrons. The van der Waals surface area contributed by atoms with Gasteiger partial charge in [-0.1, -0.05) is 12.1 Å². The minimum absolute atomic E-state index is 0.111. The summed E-state index contributed by atoms with van der Waals surface area (Å²) in [5.74, 6) is 0.547. The van der Waals surface area contributed by atoms with E-state index in [0.29, 0.717) is 18.2 Å². The van der Waals surface area contributed by atoms with Gasteiger partial charge in [-0.15, -0.1) is 0 Å². The lowest BCUT2D eigenvalue weighted by Crippen LogP contribution is -2.15. The monoisotopic (exact) mass is 247 g/mol. The van der Waals surface area contributed by atoms with Crippen LogP contribution in [0, 0.1) is 5.82 Å². The van der Waals surface area contributed by atoms with E-state index in [1.807, 2.05) is 18.0 Å². The maximum absolute atomic E-state index is 13.0. The van der Waals surface area contributed by atoms with Gasteiger partial charge in [0.25, 0.3) is 0 Å². The van der Waals surface area contributed by atoms with Crippen LogP contribution in [-0.4, -0.2) is 12.8 Å². The fourth-order valence-corrected chi connectivity index (χ4v) is 1.71. The molecule has 0 fully saturated rings. The number of furan rings is 1. The van der Waals surface area contributed by atoms with E-state index in [0.717, 1.165) is 5.56 Å². The van der Waals surface area contributed by atoms with Crippen molar-refractivity contribution in [1.82, 2.24) is 0 Å². The van der Waals surface area contributed by atoms with E-state index in [1.54, 1.807) is 18.2 Å². The molecule has 0 bridgehead atoms. The van der Waals surface area contributed by atoms with Gasteiger partial charge >= 0.3 is 0 Å². The fraction of sp³-hybridized carbons (Fsp3) is 0.214. The summed E-state index contributed by atoms with van der Waals surface area (Å²) in [5.41, 5.74) is 0.846. The van der Waals surface area contributed by atoms with Crippen LogP contribution in [0.3, 0.4) is 0 Å². The summed E-state index contributed by atoms with van der Waals surface area (Å²) in [6.07, 6.45) is 0. The second kappa shape index (κ2) is 5.04. The second-order valence-corrected chi connectivity index (χ2v) is 4.18. The average Bonchev–Trinajstić information content (AvgIpc) is 2.78. The Morgan fingerprint density at radius 2 is 2.11 bits per heavy atom. The van der Waals surface area contributed by atoms with Crippen LogP contribution in [0.4, 0.5) is 10.3 Å². The van der Waals surface area contributed by atoms with Crippen LogP contribution in [0.25, 0.3) is 0 Å². The van der Waals surface area contributed by atoms with Crippen LogP contribution >= 0.6 is 0 Å². The van der Waals surface area contributed by atoms with Crippen LogP contribution in [0.15, 0.2) is 40.8 Å². The van der Waals surface area contributed by atoms with Crippen molar-refractivity contribution in [2.75, 3.05) is 11.9 Å². The third-order valence-electron chi connectivity index (χ3n) is 2.62. The lowest BCUT2D eigenvalue weighted by atomic mass is 10.2. The standard InChI is InChI=1S/C14H14FNO2/c1-10(17)13-6-7-14(18-13)16(2)9-11-4-3-5-12(15)8-11/h3-8H,9H2,1-2H3. The van der Waals surface area contributed by atoms with E-state index in [4.69, 9.17) is 4.42 Å². The number of ketones is 1. The van der Waals surface area contributed by atoms with Gasteiger partial charge in [0.15, 0.2) is 17.4 Å². The number of Topliss-reactive ketones (excluding diaryl/α,β-unsaturated/α-hetero) is 1. The average molecular weight is 247 g/mol. The third kappa shape index (κ3) is 2.77. The summed E-state index contributed by atoms with van der Waals surface area (Å²) in [6, 6.07) is 9.77. The first-order valence-electron chi connectivity index (χ1n) is 5.62. The molecule has 1 heterocycles. The van der Waals surface area contributed by atoms with Crippen LogP contribution < -0.4 is 4.90 Å². The summed E-state index contributed by atoms with van der Waals surface area (Å²) in [6.45, 7) is 1.97. The molecule has 0 atom stereocenters. The summed E-state index contributed by atoms with van der Waals surface area (Å²) in [4.78, 5) is 12.9. The van der Waals surface area contributed by atoms with Crippen LogP contribution in [0.5, 0.6) is 0 Å². The van der Waals surface area contributed by atoms with Gasteiger partial charge in [0.2, 0.25) is 0 Å². The quantitative estimate of drug-likeness (QED) is 0.777. The minimum Gasteiger partial charge on any atom is -0.437 e. The van der Waals surface area contributed by atoms with Gasteiger partial charge in [-0.3, -0.25) is 4.79 Å². The molecule has 0 spiro atoms. The number of anilines is 1. The minimum atomic E-state index is -0.259. The zero-order valence-corrected chi connectivity index (χ0v) is 10.3. The summed E-state index contributed by atoms with van der Waals surface area (Å²) in [7, 11) is 1.83. The molecule has 3 nitrogen and oxygen atoms in total. The third-order valence-corrected chi connectivity index (χ3v) is 2.62. The number of rotatable bonds is 4. The lowest BCUT2D eigenvalue weighted by Gasteiger charge is -2.15. The van der Waals surface area contributed by atoms with E-state index in [1.165, 1.54) is 19.1 Å². The van der Waals surface area contributed by atoms with Crippen LogP contribution in [0.1, 0.15) is 23.0 Å². The molecule has 0 N–H and O–H groups in total. The number of halogens is 1. The Labute approximate surface area is 105 Å². The topological polar surface area (TPSA) is 33.5 Å². The number of hydrogen-bond acceptors (Lipinski definition) is 3.